The van der Waals surface area contributed by atoms with E-state index in [0.717, 1.165) is 0 Å². The third-order valence-corrected chi connectivity index (χ3v) is 22.1. The molecular weight excluding hydrogens is 1730 g/mol. The number of carbonyl (C=O) groups is 18. The number of nitrogens with two attached hydrogens (primary N) is 11. The molecule has 49 heteroatoms. The highest BCUT2D eigenvalue weighted by Gasteiger charge is 2.42. The van der Waals surface area contributed by atoms with E-state index in [1.807, 2.05) is 0 Å². The number of carboxylic acids is 1. The molecule has 0 aromatic rings. The molecule has 1 rings (SSSR count). The molecule has 0 aliphatic carbocycles. The number of hydrogen-bond donors (Lipinski definition) is 27. The Hall–Kier alpha value is -11.9. The van der Waals surface area contributed by atoms with Crippen molar-refractivity contribution in [1.82, 2.24) is 84.7 Å². The van der Waals surface area contributed by atoms with Crippen LogP contribution in [0.4, 0.5) is 0 Å². The molecule has 0 saturated carbocycles. The molecule has 0 radical (unpaired) electrons. The van der Waals surface area contributed by atoms with Gasteiger partial charge in [0, 0.05) is 32.6 Å². The quantitative estimate of drug-likeness (QED) is 0.0153. The Balaban J connectivity index is 3.45. The standard InChI is InChI=1S/C84H156N30O19/c1-13-47(9)65(112-75(126)56(32-33-60(89)115)104-61(116)42-99-70(121)58(41-44(3)4)109-73(124)54(27-17-20-36-87)106-68(119)50(12)102-76(127)59-31-24-40-114(59)80(131)57(30-23-39-98-84(94)95)108-69(120)51(88)25-15-18-34-85)77(128)100-43-62(117)103-52(28-21-37-96-82(90)91)71(122)101-49(11)67(118)105-53(26-16-19-35-86)72(123)107-55(29-22-38-97-83(92)93)74(125)110-63(45(5)6)78(129)111-64(46(7)8)79(130)113-66(81(132)133)48(10)14-2/h44-59,63-66H,13-43,85-88H2,1-12H3,(H2,89,115)(H,99,121)(H,100,128)(H,101,122)(H,102,127)(H,103,117)(H,104,116)(H,105,118)(H,106,119)(H,107,123)(H,108,120)(H,109,124)(H,110,125)(H,111,129)(H,112,126)(H,113,130)(H,132,133)(H4,90,91,96)(H4,92,93,97)(H4,94,95,98)/t47-,48-,49-,50-,51-,52-,53-,54-,55-,56-,57-,58-,59-,63-,64-,65-,66-/m0/s1. The molecule has 1 aliphatic rings. The van der Waals surface area contributed by atoms with E-state index < -0.39 is 247 Å². The number of aliphatic imine (C=N–C) groups is 3. The lowest BCUT2D eigenvalue weighted by Crippen LogP contribution is -2.61. The lowest BCUT2D eigenvalue weighted by Gasteiger charge is -2.30. The molecule has 756 valence electrons. The number of likely N-dealkylation sites (tertiary alicyclic amines) is 1. The summed E-state index contributed by atoms with van der Waals surface area (Å²) in [5.74, 6) is -18.8. The van der Waals surface area contributed by atoms with Crippen molar-refractivity contribution in [1.29, 1.82) is 0 Å². The van der Waals surface area contributed by atoms with Crippen molar-refractivity contribution in [3.8, 4) is 0 Å². The highest BCUT2D eigenvalue weighted by Crippen LogP contribution is 2.22. The maximum atomic E-state index is 14.4. The van der Waals surface area contributed by atoms with Gasteiger partial charge >= 0.3 is 5.97 Å². The second-order valence-corrected chi connectivity index (χ2v) is 34.6. The number of aliphatic carboxylic acids is 1. The summed E-state index contributed by atoms with van der Waals surface area (Å²) in [6.45, 7) is 18.7. The number of nitrogens with one attached hydrogen (secondary N) is 15. The van der Waals surface area contributed by atoms with Gasteiger partial charge in [-0.25, -0.2) is 4.79 Å². The Morgan fingerprint density at radius 3 is 1.14 bits per heavy atom. The summed E-state index contributed by atoms with van der Waals surface area (Å²) in [4.78, 5) is 262. The summed E-state index contributed by atoms with van der Waals surface area (Å²) in [6, 6.07) is -19.6. The van der Waals surface area contributed by atoms with Crippen molar-refractivity contribution in [3.05, 3.63) is 0 Å². The first-order valence-electron chi connectivity index (χ1n) is 45.9. The van der Waals surface area contributed by atoms with E-state index in [1.54, 1.807) is 69.2 Å². The van der Waals surface area contributed by atoms with Gasteiger partial charge in [-0.3, -0.25) is 96.5 Å². The predicted octanol–water partition coefficient (Wildman–Crippen LogP) is -7.77. The molecule has 1 heterocycles. The Bertz CT molecular complexity index is 3880. The molecule has 17 atom stereocenters. The second kappa shape index (κ2) is 64.0. The van der Waals surface area contributed by atoms with Crippen LogP contribution in [0.25, 0.3) is 0 Å². The van der Waals surface area contributed by atoms with Gasteiger partial charge < -0.3 is 153 Å². The van der Waals surface area contributed by atoms with Gasteiger partial charge in [0.15, 0.2) is 17.9 Å². The summed E-state index contributed by atoms with van der Waals surface area (Å²) in [6.07, 6.45) is 3.49. The van der Waals surface area contributed by atoms with E-state index in [-0.39, 0.29) is 140 Å². The highest BCUT2D eigenvalue weighted by molar-refractivity contribution is 6.01. The zero-order valence-corrected chi connectivity index (χ0v) is 79.4. The maximum absolute atomic E-state index is 14.4. The van der Waals surface area contributed by atoms with Crippen LogP contribution in [0.5, 0.6) is 0 Å². The van der Waals surface area contributed by atoms with E-state index in [4.69, 9.17) is 63.1 Å². The van der Waals surface area contributed by atoms with Gasteiger partial charge in [0.05, 0.1) is 19.1 Å². The van der Waals surface area contributed by atoms with E-state index in [2.05, 4.69) is 94.7 Å². The van der Waals surface area contributed by atoms with Gasteiger partial charge in [-0.05, 0) is 179 Å². The van der Waals surface area contributed by atoms with Crippen molar-refractivity contribution in [2.45, 2.75) is 315 Å². The SMILES string of the molecule is CC[C@H](C)[C@H](NC(=O)[C@@H](NC(=O)[C@@H](NC(=O)[C@H](CCCN=C(N)N)NC(=O)[C@H](CCCCN)NC(=O)[C@H](C)NC(=O)[C@H](CCCN=C(N)N)NC(=O)CNC(=O)[C@@H](NC(=O)[C@H](CCC(N)=O)NC(=O)CNC(=O)[C@H](CC(C)C)NC(=O)[C@H](CCCCN)NC(=O)[C@H](C)NC(=O)[C@@H]1CCCN1C(=O)[C@H](CCCN=C(N)N)NC(=O)[C@@H](N)CCCCN)[C@@H](C)CC)C(C)C)C(C)C)C(=O)O. The van der Waals surface area contributed by atoms with E-state index >= 15 is 0 Å². The third-order valence-electron chi connectivity index (χ3n) is 22.1. The van der Waals surface area contributed by atoms with E-state index in [1.165, 1.54) is 18.7 Å². The van der Waals surface area contributed by atoms with Crippen molar-refractivity contribution >= 4 is 124 Å². The van der Waals surface area contributed by atoms with Crippen LogP contribution in [0.1, 0.15) is 224 Å². The molecule has 0 spiro atoms. The number of primary amides is 1. The fraction of sp³-hybridized carbons (Fsp3) is 0.750. The summed E-state index contributed by atoms with van der Waals surface area (Å²) >= 11 is 0. The Morgan fingerprint density at radius 2 is 0.722 bits per heavy atom. The molecule has 133 heavy (non-hydrogen) atoms. The average Bonchev–Trinajstić information content (AvgIpc) is 1.58. The molecule has 0 aromatic carbocycles. The number of carboxylic acid groups (broad SMARTS) is 1. The maximum Gasteiger partial charge on any atom is 0.326 e. The molecule has 1 aliphatic heterocycles. The van der Waals surface area contributed by atoms with Crippen LogP contribution >= 0.6 is 0 Å². The minimum Gasteiger partial charge on any atom is -0.480 e. The van der Waals surface area contributed by atoms with Gasteiger partial charge in [-0.2, -0.15) is 0 Å². The highest BCUT2D eigenvalue weighted by atomic mass is 16.4. The Morgan fingerprint density at radius 1 is 0.368 bits per heavy atom. The van der Waals surface area contributed by atoms with Crippen LogP contribution < -0.4 is 143 Å². The van der Waals surface area contributed by atoms with Crippen LogP contribution in [0.2, 0.25) is 0 Å². The fourth-order valence-corrected chi connectivity index (χ4v) is 13.9. The fourth-order valence-electron chi connectivity index (χ4n) is 13.9. The van der Waals surface area contributed by atoms with Crippen LogP contribution in [0.15, 0.2) is 15.0 Å². The van der Waals surface area contributed by atoms with Gasteiger partial charge in [0.2, 0.25) is 100 Å². The van der Waals surface area contributed by atoms with E-state index in [9.17, 15) is 91.4 Å². The summed E-state index contributed by atoms with van der Waals surface area (Å²) in [5.41, 5.74) is 62.1. The number of unbranched alkanes of at least 4 members (excludes halogenated alkanes) is 3. The first kappa shape index (κ1) is 119. The third kappa shape index (κ3) is 46.9. The average molecular weight is 1890 g/mol. The summed E-state index contributed by atoms with van der Waals surface area (Å²) < 4.78 is 0. The Kier molecular flexibility index (Phi) is 57.4. The van der Waals surface area contributed by atoms with Gasteiger partial charge in [-0.1, -0.05) is 88.5 Å². The first-order chi connectivity index (χ1) is 62.6. The molecule has 0 bridgehead atoms. The predicted molar refractivity (Wildman–Crippen MR) is 498 cm³/mol. The minimum absolute atomic E-state index is 0.000304. The zero-order valence-electron chi connectivity index (χ0n) is 79.4. The molecule has 1 fully saturated rings. The van der Waals surface area contributed by atoms with Crippen LogP contribution in [-0.2, 0) is 86.3 Å². The van der Waals surface area contributed by atoms with Crippen LogP contribution in [-0.4, -0.2) is 284 Å². The van der Waals surface area contributed by atoms with Crippen LogP contribution in [0.3, 0.4) is 0 Å². The largest absolute Gasteiger partial charge is 0.480 e. The molecule has 0 unspecified atom stereocenters. The van der Waals surface area contributed by atoms with Gasteiger partial charge in [0.25, 0.3) is 0 Å². The topological polar surface area (TPSA) is 834 Å². The van der Waals surface area contributed by atoms with Crippen LogP contribution in [0, 0.1) is 29.6 Å². The molecule has 49 nitrogen and oxygen atoms in total. The molecule has 1 saturated heterocycles. The molecular formula is C84H156N30O19. The lowest BCUT2D eigenvalue weighted by atomic mass is 9.96. The molecule has 38 N–H and O–H groups in total. The zero-order chi connectivity index (χ0) is 101. The number of amides is 17. The summed E-state index contributed by atoms with van der Waals surface area (Å²) in [5, 5.41) is 48.6. The lowest BCUT2D eigenvalue weighted by molar-refractivity contribution is -0.144. The van der Waals surface area contributed by atoms with Crippen molar-refractivity contribution in [2.75, 3.05) is 58.9 Å². The Labute approximate surface area is 778 Å². The number of guanidine groups is 3. The number of hydrogen-bond acceptors (Lipinski definition) is 25. The number of rotatable bonds is 67. The molecule has 17 amide bonds. The second-order valence-electron chi connectivity index (χ2n) is 34.6. The summed E-state index contributed by atoms with van der Waals surface area (Å²) in [7, 11) is 0. The minimum atomic E-state index is -1.59. The van der Waals surface area contributed by atoms with E-state index in [0.29, 0.717) is 57.9 Å². The van der Waals surface area contributed by atoms with Crippen molar-refractivity contribution < 1.29 is 91.4 Å². The first-order valence-corrected chi connectivity index (χ1v) is 45.9. The normalized spacial score (nSPS) is 15.9. The van der Waals surface area contributed by atoms with Gasteiger partial charge in [0.1, 0.15) is 84.6 Å². The van der Waals surface area contributed by atoms with Gasteiger partial charge in [-0.15, -0.1) is 0 Å². The van der Waals surface area contributed by atoms with Crippen molar-refractivity contribution in [3.63, 3.8) is 0 Å². The smallest absolute Gasteiger partial charge is 0.326 e. The molecule has 0 aromatic heterocycles. The monoisotopic (exact) mass is 1890 g/mol. The number of nitrogens with zero attached hydrogens (tertiary/aromatic N) is 4. The van der Waals surface area contributed by atoms with Crippen molar-refractivity contribution in [2.24, 2.45) is 108 Å². The number of carbonyl (C=O) groups excluding carboxylic acids is 17.